The van der Waals surface area contributed by atoms with Crippen molar-refractivity contribution in [2.24, 2.45) is 5.92 Å². The minimum atomic E-state index is -3.56. The summed E-state index contributed by atoms with van der Waals surface area (Å²) in [7, 11) is -3.56. The van der Waals surface area contributed by atoms with Crippen LogP contribution in [0.1, 0.15) is 45.4 Å². The van der Waals surface area contributed by atoms with Gasteiger partial charge >= 0.3 is 0 Å². The van der Waals surface area contributed by atoms with Crippen LogP contribution in [0.25, 0.3) is 0 Å². The minimum Gasteiger partial charge on any atom is -0.383 e. The molecule has 1 aliphatic carbocycles. The Labute approximate surface area is 121 Å². The first kappa shape index (κ1) is 15.3. The smallest absolute Gasteiger partial charge is 0.244 e. The van der Waals surface area contributed by atoms with Crippen LogP contribution < -0.4 is 10.5 Å². The molecule has 0 aromatic carbocycles. The molecule has 0 aliphatic heterocycles. The van der Waals surface area contributed by atoms with Crippen LogP contribution in [0.5, 0.6) is 0 Å². The van der Waals surface area contributed by atoms with Gasteiger partial charge in [0.1, 0.15) is 10.7 Å². The molecule has 0 spiro atoms. The van der Waals surface area contributed by atoms with E-state index in [0.29, 0.717) is 0 Å². The average Bonchev–Trinajstić information content (AvgIpc) is 2.41. The van der Waals surface area contributed by atoms with Crippen LogP contribution in [0, 0.1) is 5.92 Å². The summed E-state index contributed by atoms with van der Waals surface area (Å²) < 4.78 is 27.4. The Balaban J connectivity index is 1.99. The van der Waals surface area contributed by atoms with Crippen LogP contribution in [0.4, 0.5) is 5.82 Å². The van der Waals surface area contributed by atoms with E-state index in [1.807, 2.05) is 0 Å². The third-order valence-electron chi connectivity index (χ3n) is 3.95. The summed E-state index contributed by atoms with van der Waals surface area (Å²) in [6.45, 7) is 2.19. The van der Waals surface area contributed by atoms with E-state index in [0.717, 1.165) is 31.6 Å². The Hall–Kier alpha value is -1.14. The summed E-state index contributed by atoms with van der Waals surface area (Å²) >= 11 is 0. The highest BCUT2D eigenvalue weighted by Gasteiger charge is 2.26. The molecule has 0 radical (unpaired) electrons. The van der Waals surface area contributed by atoms with Gasteiger partial charge in [-0.15, -0.1) is 0 Å². The summed E-state index contributed by atoms with van der Waals surface area (Å²) in [4.78, 5) is 3.91. The SMILES string of the molecule is CCCC1CCC(NS(=O)(=O)c2cccnc2N)CC1. The van der Waals surface area contributed by atoms with Crippen molar-refractivity contribution < 1.29 is 8.42 Å². The largest absolute Gasteiger partial charge is 0.383 e. The maximum atomic E-state index is 12.3. The summed E-state index contributed by atoms with van der Waals surface area (Å²) in [6.07, 6.45) is 7.95. The van der Waals surface area contributed by atoms with Crippen molar-refractivity contribution in [1.82, 2.24) is 9.71 Å². The van der Waals surface area contributed by atoms with Gasteiger partial charge in [-0.3, -0.25) is 0 Å². The van der Waals surface area contributed by atoms with Crippen LogP contribution in [0.15, 0.2) is 23.2 Å². The number of anilines is 1. The number of nitrogens with zero attached hydrogens (tertiary/aromatic N) is 1. The Morgan fingerprint density at radius 3 is 2.65 bits per heavy atom. The zero-order valence-corrected chi connectivity index (χ0v) is 12.7. The first-order chi connectivity index (χ1) is 9.53. The maximum Gasteiger partial charge on any atom is 0.244 e. The van der Waals surface area contributed by atoms with Crippen LogP contribution in [0.2, 0.25) is 0 Å². The standard InChI is InChI=1S/C14H23N3O2S/c1-2-4-11-6-8-12(9-7-11)17-20(18,19)13-5-3-10-16-14(13)15/h3,5,10-12,17H,2,4,6-9H2,1H3,(H2,15,16). The highest BCUT2D eigenvalue weighted by molar-refractivity contribution is 7.89. The minimum absolute atomic E-state index is 0.0210. The number of hydrogen-bond acceptors (Lipinski definition) is 4. The number of nitrogens with one attached hydrogen (secondary N) is 1. The van der Waals surface area contributed by atoms with Gasteiger partial charge in [0.2, 0.25) is 10.0 Å². The molecule has 1 heterocycles. The quantitative estimate of drug-likeness (QED) is 0.873. The lowest BCUT2D eigenvalue weighted by atomic mass is 9.84. The molecule has 1 aromatic rings. The normalized spacial score (nSPS) is 23.6. The lowest BCUT2D eigenvalue weighted by molar-refractivity contribution is 0.297. The molecule has 0 amide bonds. The first-order valence-corrected chi connectivity index (χ1v) is 8.74. The zero-order valence-electron chi connectivity index (χ0n) is 11.9. The van der Waals surface area contributed by atoms with Crippen molar-refractivity contribution >= 4 is 15.8 Å². The molecule has 1 saturated carbocycles. The second-order valence-corrected chi connectivity index (χ2v) is 7.20. The molecule has 1 aliphatic rings. The summed E-state index contributed by atoms with van der Waals surface area (Å²) in [5.41, 5.74) is 5.64. The van der Waals surface area contributed by atoms with Crippen molar-refractivity contribution in [2.45, 2.75) is 56.4 Å². The first-order valence-electron chi connectivity index (χ1n) is 7.25. The fourth-order valence-corrected chi connectivity index (χ4v) is 4.28. The van der Waals surface area contributed by atoms with Gasteiger partial charge in [0, 0.05) is 12.2 Å². The molecule has 2 rings (SSSR count). The molecule has 5 nitrogen and oxygen atoms in total. The average molecular weight is 297 g/mol. The van der Waals surface area contributed by atoms with Crippen molar-refractivity contribution in [3.05, 3.63) is 18.3 Å². The van der Waals surface area contributed by atoms with E-state index < -0.39 is 10.0 Å². The molecule has 112 valence electrons. The van der Waals surface area contributed by atoms with Gasteiger partial charge in [0.25, 0.3) is 0 Å². The van der Waals surface area contributed by atoms with Crippen molar-refractivity contribution in [1.29, 1.82) is 0 Å². The Morgan fingerprint density at radius 2 is 2.05 bits per heavy atom. The van der Waals surface area contributed by atoms with E-state index in [4.69, 9.17) is 5.73 Å². The molecule has 3 N–H and O–H groups in total. The highest BCUT2D eigenvalue weighted by atomic mass is 32.2. The fourth-order valence-electron chi connectivity index (χ4n) is 2.89. The Bertz CT molecular complexity index is 537. The van der Waals surface area contributed by atoms with Crippen LogP contribution in [-0.4, -0.2) is 19.4 Å². The topological polar surface area (TPSA) is 85.1 Å². The number of pyridine rings is 1. The third-order valence-corrected chi connectivity index (χ3v) is 5.52. The van der Waals surface area contributed by atoms with Crippen molar-refractivity contribution in [3.8, 4) is 0 Å². The second-order valence-electron chi connectivity index (χ2n) is 5.51. The van der Waals surface area contributed by atoms with Gasteiger partial charge in [-0.2, -0.15) is 0 Å². The summed E-state index contributed by atoms with van der Waals surface area (Å²) in [5, 5.41) is 0. The molecule has 20 heavy (non-hydrogen) atoms. The number of nitrogen functional groups attached to an aromatic ring is 1. The van der Waals surface area contributed by atoms with Gasteiger partial charge in [-0.05, 0) is 43.7 Å². The van der Waals surface area contributed by atoms with E-state index in [2.05, 4.69) is 16.6 Å². The highest BCUT2D eigenvalue weighted by Crippen LogP contribution is 2.28. The van der Waals surface area contributed by atoms with Gasteiger partial charge in [0.05, 0.1) is 0 Å². The molecular weight excluding hydrogens is 274 g/mol. The third kappa shape index (κ3) is 3.70. The monoisotopic (exact) mass is 297 g/mol. The second kappa shape index (κ2) is 6.54. The van der Waals surface area contributed by atoms with Gasteiger partial charge in [-0.25, -0.2) is 18.1 Å². The zero-order chi connectivity index (χ0) is 14.6. The van der Waals surface area contributed by atoms with E-state index >= 15 is 0 Å². The van der Waals surface area contributed by atoms with Gasteiger partial charge in [-0.1, -0.05) is 19.8 Å². The molecule has 0 unspecified atom stereocenters. The summed E-state index contributed by atoms with van der Waals surface area (Å²) in [5.74, 6) is 0.809. The summed E-state index contributed by atoms with van der Waals surface area (Å²) in [6, 6.07) is 3.10. The molecule has 0 saturated heterocycles. The lowest BCUT2D eigenvalue weighted by Crippen LogP contribution is -2.37. The Morgan fingerprint density at radius 1 is 1.35 bits per heavy atom. The molecule has 0 atom stereocenters. The van der Waals surface area contributed by atoms with Gasteiger partial charge < -0.3 is 5.73 Å². The fraction of sp³-hybridized carbons (Fsp3) is 0.643. The molecule has 6 heteroatoms. The van der Waals surface area contributed by atoms with E-state index in [1.165, 1.54) is 25.1 Å². The van der Waals surface area contributed by atoms with Crippen molar-refractivity contribution in [2.75, 3.05) is 5.73 Å². The van der Waals surface area contributed by atoms with Crippen molar-refractivity contribution in [3.63, 3.8) is 0 Å². The molecule has 0 bridgehead atoms. The number of aromatic nitrogens is 1. The molecular formula is C14H23N3O2S. The van der Waals surface area contributed by atoms with E-state index in [-0.39, 0.29) is 16.8 Å². The number of sulfonamides is 1. The number of hydrogen-bond donors (Lipinski definition) is 2. The molecule has 1 aromatic heterocycles. The van der Waals surface area contributed by atoms with E-state index in [9.17, 15) is 8.42 Å². The predicted molar refractivity (Wildman–Crippen MR) is 79.6 cm³/mol. The number of rotatable bonds is 5. The van der Waals surface area contributed by atoms with Crippen LogP contribution >= 0.6 is 0 Å². The van der Waals surface area contributed by atoms with Crippen LogP contribution in [0.3, 0.4) is 0 Å². The van der Waals surface area contributed by atoms with Gasteiger partial charge in [0.15, 0.2) is 0 Å². The predicted octanol–water partition coefficient (Wildman–Crippen LogP) is 2.30. The maximum absolute atomic E-state index is 12.3. The van der Waals surface area contributed by atoms with E-state index in [1.54, 1.807) is 6.07 Å². The Kier molecular flexibility index (Phi) is 4.99. The lowest BCUT2D eigenvalue weighted by Gasteiger charge is -2.28. The molecule has 1 fully saturated rings. The van der Waals surface area contributed by atoms with Crippen LogP contribution in [-0.2, 0) is 10.0 Å². The number of nitrogens with two attached hydrogens (primary N) is 1.